The van der Waals surface area contributed by atoms with Crippen molar-refractivity contribution in [2.24, 2.45) is 11.8 Å². The van der Waals surface area contributed by atoms with E-state index in [1.807, 2.05) is 13.8 Å². The van der Waals surface area contributed by atoms with Crippen molar-refractivity contribution < 1.29 is 14.7 Å². The Bertz CT molecular complexity index is 346. The molecule has 0 aliphatic heterocycles. The fourth-order valence-corrected chi connectivity index (χ4v) is 2.26. The lowest BCUT2D eigenvalue weighted by atomic mass is 9.99. The molecule has 2 fully saturated rings. The molecule has 0 unspecified atom stereocenters. The van der Waals surface area contributed by atoms with Crippen LogP contribution in [0, 0.1) is 11.8 Å². The molecule has 0 aromatic rings. The Labute approximate surface area is 108 Å². The zero-order chi connectivity index (χ0) is 13.3. The highest BCUT2D eigenvalue weighted by Gasteiger charge is 2.40. The highest BCUT2D eigenvalue weighted by molar-refractivity contribution is 5.80. The van der Waals surface area contributed by atoms with Crippen molar-refractivity contribution >= 4 is 12.0 Å². The van der Waals surface area contributed by atoms with Gasteiger partial charge in [0.2, 0.25) is 0 Å². The maximum absolute atomic E-state index is 12.1. The maximum Gasteiger partial charge on any atom is 0.323 e. The van der Waals surface area contributed by atoms with E-state index < -0.39 is 5.97 Å². The van der Waals surface area contributed by atoms with Crippen LogP contribution in [0.25, 0.3) is 0 Å². The minimum atomic E-state index is -0.949. The summed E-state index contributed by atoms with van der Waals surface area (Å²) in [7, 11) is 0. The number of carboxylic acids is 1. The second-order valence-corrected chi connectivity index (χ2v) is 6.14. The molecule has 2 aliphatic rings. The van der Waals surface area contributed by atoms with Gasteiger partial charge in [-0.3, -0.25) is 4.79 Å². The van der Waals surface area contributed by atoms with Crippen molar-refractivity contribution in [3.05, 3.63) is 0 Å². The second kappa shape index (κ2) is 4.78. The van der Waals surface area contributed by atoms with Gasteiger partial charge in [-0.1, -0.05) is 0 Å². The van der Waals surface area contributed by atoms with E-state index >= 15 is 0 Å². The number of carbonyl (C=O) groups excluding carboxylic acids is 1. The first-order chi connectivity index (χ1) is 8.38. The Kier molecular flexibility index (Phi) is 3.50. The molecular weight excluding hydrogens is 232 g/mol. The minimum Gasteiger partial charge on any atom is -0.480 e. The second-order valence-electron chi connectivity index (χ2n) is 6.14. The summed E-state index contributed by atoms with van der Waals surface area (Å²) in [5.74, 6) is 0.0863. The predicted molar refractivity (Wildman–Crippen MR) is 67.3 cm³/mol. The van der Waals surface area contributed by atoms with Crippen LogP contribution in [0.4, 0.5) is 4.79 Å². The van der Waals surface area contributed by atoms with Crippen molar-refractivity contribution in [1.29, 1.82) is 0 Å². The van der Waals surface area contributed by atoms with E-state index in [0.717, 1.165) is 25.7 Å². The highest BCUT2D eigenvalue weighted by Crippen LogP contribution is 2.39. The molecule has 5 heteroatoms. The molecule has 0 atom stereocenters. The summed E-state index contributed by atoms with van der Waals surface area (Å²) >= 11 is 0. The van der Waals surface area contributed by atoms with E-state index in [4.69, 9.17) is 5.11 Å². The molecule has 0 heterocycles. The van der Waals surface area contributed by atoms with Crippen LogP contribution in [0.15, 0.2) is 0 Å². The smallest absolute Gasteiger partial charge is 0.323 e. The molecule has 0 aromatic heterocycles. The SMILES string of the molecule is CC(C)(NC(=O)N(CC(=O)O)CC1CC1)C1CC1. The number of rotatable bonds is 6. The van der Waals surface area contributed by atoms with Gasteiger partial charge in [0, 0.05) is 12.1 Å². The summed E-state index contributed by atoms with van der Waals surface area (Å²) < 4.78 is 0. The summed E-state index contributed by atoms with van der Waals surface area (Å²) in [6.45, 7) is 4.39. The van der Waals surface area contributed by atoms with Gasteiger partial charge in [0.05, 0.1) is 0 Å². The molecule has 102 valence electrons. The highest BCUT2D eigenvalue weighted by atomic mass is 16.4. The summed E-state index contributed by atoms with van der Waals surface area (Å²) in [5.41, 5.74) is -0.225. The van der Waals surface area contributed by atoms with Gasteiger partial charge in [-0.2, -0.15) is 0 Å². The number of hydrogen-bond donors (Lipinski definition) is 2. The number of nitrogens with zero attached hydrogens (tertiary/aromatic N) is 1. The van der Waals surface area contributed by atoms with Crippen LogP contribution in [0.1, 0.15) is 39.5 Å². The van der Waals surface area contributed by atoms with E-state index in [9.17, 15) is 9.59 Å². The number of carboxylic acid groups (broad SMARTS) is 1. The number of aliphatic carboxylic acids is 1. The number of amides is 2. The Morgan fingerprint density at radius 1 is 1.28 bits per heavy atom. The topological polar surface area (TPSA) is 69.6 Å². The van der Waals surface area contributed by atoms with E-state index in [0.29, 0.717) is 18.4 Å². The van der Waals surface area contributed by atoms with Crippen LogP contribution in [-0.4, -0.2) is 40.6 Å². The van der Waals surface area contributed by atoms with Crippen LogP contribution < -0.4 is 5.32 Å². The van der Waals surface area contributed by atoms with E-state index in [1.54, 1.807) is 0 Å². The molecule has 2 amide bonds. The van der Waals surface area contributed by atoms with Crippen LogP contribution in [0.2, 0.25) is 0 Å². The zero-order valence-electron chi connectivity index (χ0n) is 11.1. The van der Waals surface area contributed by atoms with Gasteiger partial charge in [-0.25, -0.2) is 4.79 Å². The Hall–Kier alpha value is -1.26. The molecule has 2 aliphatic carbocycles. The maximum atomic E-state index is 12.1. The fourth-order valence-electron chi connectivity index (χ4n) is 2.26. The summed E-state index contributed by atoms with van der Waals surface area (Å²) in [6.07, 6.45) is 4.51. The van der Waals surface area contributed by atoms with Gasteiger partial charge in [0.15, 0.2) is 0 Å². The largest absolute Gasteiger partial charge is 0.480 e. The molecule has 0 radical (unpaired) electrons. The monoisotopic (exact) mass is 254 g/mol. The number of urea groups is 1. The predicted octanol–water partition coefficient (Wildman–Crippen LogP) is 1.68. The lowest BCUT2D eigenvalue weighted by Gasteiger charge is -2.30. The van der Waals surface area contributed by atoms with Gasteiger partial charge >= 0.3 is 12.0 Å². The first kappa shape index (κ1) is 13.2. The lowest BCUT2D eigenvalue weighted by Crippen LogP contribution is -2.52. The van der Waals surface area contributed by atoms with Crippen molar-refractivity contribution in [2.75, 3.05) is 13.1 Å². The van der Waals surface area contributed by atoms with E-state index in [-0.39, 0.29) is 18.1 Å². The standard InChI is InChI=1S/C13H22N2O3/c1-13(2,10-5-6-10)14-12(18)15(8-11(16)17)7-9-3-4-9/h9-10H,3-8H2,1-2H3,(H,14,18)(H,16,17). The minimum absolute atomic E-state index is 0.205. The van der Waals surface area contributed by atoms with Crippen molar-refractivity contribution in [3.63, 3.8) is 0 Å². The molecule has 0 spiro atoms. The first-order valence-electron chi connectivity index (χ1n) is 6.67. The number of nitrogens with one attached hydrogen (secondary N) is 1. The van der Waals surface area contributed by atoms with Crippen LogP contribution in [0.3, 0.4) is 0 Å². The molecule has 2 saturated carbocycles. The quantitative estimate of drug-likeness (QED) is 0.757. The van der Waals surface area contributed by atoms with Crippen molar-refractivity contribution in [3.8, 4) is 0 Å². The van der Waals surface area contributed by atoms with Gasteiger partial charge in [-0.15, -0.1) is 0 Å². The average Bonchev–Trinajstić information content (AvgIpc) is 3.10. The zero-order valence-corrected chi connectivity index (χ0v) is 11.1. The van der Waals surface area contributed by atoms with E-state index in [2.05, 4.69) is 5.32 Å². The molecule has 0 saturated heterocycles. The summed E-state index contributed by atoms with van der Waals surface area (Å²) in [4.78, 5) is 24.4. The average molecular weight is 254 g/mol. The number of hydrogen-bond acceptors (Lipinski definition) is 2. The Morgan fingerprint density at radius 2 is 1.89 bits per heavy atom. The first-order valence-corrected chi connectivity index (χ1v) is 6.67. The third kappa shape index (κ3) is 3.62. The summed E-state index contributed by atoms with van der Waals surface area (Å²) in [6, 6.07) is -0.235. The molecular formula is C13H22N2O3. The van der Waals surface area contributed by atoms with Gasteiger partial charge in [-0.05, 0) is 51.4 Å². The van der Waals surface area contributed by atoms with E-state index in [1.165, 1.54) is 4.90 Å². The summed E-state index contributed by atoms with van der Waals surface area (Å²) in [5, 5.41) is 11.8. The molecule has 0 bridgehead atoms. The number of carbonyl (C=O) groups is 2. The normalized spacial score (nSPS) is 19.4. The van der Waals surface area contributed by atoms with Crippen LogP contribution in [0.5, 0.6) is 0 Å². The molecule has 0 aromatic carbocycles. The molecule has 2 N–H and O–H groups in total. The third-order valence-corrected chi connectivity index (χ3v) is 3.82. The van der Waals surface area contributed by atoms with Gasteiger partial charge in [0.25, 0.3) is 0 Å². The Morgan fingerprint density at radius 3 is 2.33 bits per heavy atom. The fraction of sp³-hybridized carbons (Fsp3) is 0.846. The van der Waals surface area contributed by atoms with Crippen LogP contribution in [-0.2, 0) is 4.79 Å². The van der Waals surface area contributed by atoms with Gasteiger partial charge in [0.1, 0.15) is 6.54 Å². The van der Waals surface area contributed by atoms with Crippen molar-refractivity contribution in [1.82, 2.24) is 10.2 Å². The Balaban J connectivity index is 1.90. The van der Waals surface area contributed by atoms with Gasteiger partial charge < -0.3 is 15.3 Å². The molecule has 18 heavy (non-hydrogen) atoms. The van der Waals surface area contributed by atoms with Crippen molar-refractivity contribution in [2.45, 2.75) is 45.1 Å². The van der Waals surface area contributed by atoms with Crippen LogP contribution >= 0.6 is 0 Å². The lowest BCUT2D eigenvalue weighted by molar-refractivity contribution is -0.137. The third-order valence-electron chi connectivity index (χ3n) is 3.82. The molecule has 5 nitrogen and oxygen atoms in total. The molecule has 2 rings (SSSR count).